The number of aryl methyl sites for hydroxylation is 3. The van der Waals surface area contributed by atoms with Gasteiger partial charge >= 0.3 is 7.32 Å². The minimum Gasteiger partial charge on any atom is -0.402 e. The van der Waals surface area contributed by atoms with Gasteiger partial charge in [0.15, 0.2) is 0 Å². The van der Waals surface area contributed by atoms with Crippen molar-refractivity contribution in [2.75, 3.05) is 32.8 Å². The highest BCUT2D eigenvalue weighted by Gasteiger charge is 2.36. The average Bonchev–Trinajstić information content (AvgIpc) is 2.93. The van der Waals surface area contributed by atoms with E-state index in [9.17, 15) is 0 Å². The highest BCUT2D eigenvalue weighted by atomic mass is 16.6. The Bertz CT molecular complexity index is 930. The SMILES string of the molecule is CC[N+](CC)(CC)CC.Cc1ccc(C(CCCOB(O)O)(c2ccc(C)cc2)c2ccc(C)cc2)cc1. The fraction of sp³-hybridized carbons (Fsp3) is 0.455. The Balaban J connectivity index is 0.000000484. The molecule has 0 aliphatic heterocycles. The van der Waals surface area contributed by atoms with E-state index in [0.717, 1.165) is 6.42 Å². The molecule has 0 bridgehead atoms. The molecule has 0 radical (unpaired) electrons. The summed E-state index contributed by atoms with van der Waals surface area (Å²) in [6.45, 7) is 20.8. The van der Waals surface area contributed by atoms with Crippen molar-refractivity contribution in [1.29, 1.82) is 0 Å². The third-order valence-electron chi connectivity index (χ3n) is 8.28. The lowest BCUT2D eigenvalue weighted by Gasteiger charge is -2.36. The quantitative estimate of drug-likeness (QED) is 0.123. The van der Waals surface area contributed by atoms with Crippen molar-refractivity contribution in [3.8, 4) is 0 Å². The van der Waals surface area contributed by atoms with Crippen LogP contribution in [0.25, 0.3) is 0 Å². The number of rotatable bonds is 12. The van der Waals surface area contributed by atoms with Crippen LogP contribution in [0.4, 0.5) is 0 Å². The van der Waals surface area contributed by atoms with Crippen LogP contribution in [0.2, 0.25) is 0 Å². The van der Waals surface area contributed by atoms with E-state index in [1.54, 1.807) is 0 Å². The molecular weight excluding hydrogens is 469 g/mol. The standard InChI is InChI=1S/C25H29BO3.C8H20N/c1-19-5-11-22(12-6-19)25(17-4-18-29-26(27)28,23-13-7-20(2)8-14-23)24-15-9-21(3)10-16-24;1-5-9(6-2,7-3)8-4/h5-16,27-28H,4,17-18H2,1-3H3;5-8H2,1-4H3/q;+1. The molecular formula is C33H49BNO3+. The first-order chi connectivity index (χ1) is 18.2. The number of benzene rings is 3. The molecule has 0 unspecified atom stereocenters. The van der Waals surface area contributed by atoms with Crippen LogP contribution in [-0.2, 0) is 10.1 Å². The molecule has 0 aliphatic rings. The molecule has 5 heteroatoms. The average molecular weight is 519 g/mol. The molecule has 2 N–H and O–H groups in total. The summed E-state index contributed by atoms with van der Waals surface area (Å²) >= 11 is 0. The molecule has 0 heterocycles. The summed E-state index contributed by atoms with van der Waals surface area (Å²) in [5, 5.41) is 18.1. The lowest BCUT2D eigenvalue weighted by molar-refractivity contribution is -0.921. The zero-order chi connectivity index (χ0) is 28.2. The van der Waals surface area contributed by atoms with Crippen LogP contribution in [0, 0.1) is 20.8 Å². The van der Waals surface area contributed by atoms with Gasteiger partial charge in [-0.25, -0.2) is 0 Å². The summed E-state index contributed by atoms with van der Waals surface area (Å²) in [4.78, 5) is 0. The Morgan fingerprint density at radius 3 is 1.16 bits per heavy atom. The van der Waals surface area contributed by atoms with E-state index in [1.165, 1.54) is 64.0 Å². The summed E-state index contributed by atoms with van der Waals surface area (Å²) in [7, 11) is -1.73. The van der Waals surface area contributed by atoms with Gasteiger partial charge in [0, 0.05) is 12.0 Å². The van der Waals surface area contributed by atoms with Crippen LogP contribution in [0.1, 0.15) is 73.9 Å². The van der Waals surface area contributed by atoms with Gasteiger partial charge in [-0.3, -0.25) is 0 Å². The maximum atomic E-state index is 9.06. The van der Waals surface area contributed by atoms with Crippen LogP contribution in [-0.4, -0.2) is 54.6 Å². The highest BCUT2D eigenvalue weighted by molar-refractivity contribution is 6.32. The van der Waals surface area contributed by atoms with Crippen molar-refractivity contribution in [1.82, 2.24) is 0 Å². The van der Waals surface area contributed by atoms with Gasteiger partial charge in [0.2, 0.25) is 0 Å². The first-order valence-electron chi connectivity index (χ1n) is 14.2. The van der Waals surface area contributed by atoms with Crippen LogP contribution in [0.3, 0.4) is 0 Å². The van der Waals surface area contributed by atoms with E-state index < -0.39 is 7.32 Å². The van der Waals surface area contributed by atoms with E-state index >= 15 is 0 Å². The minimum absolute atomic E-state index is 0.281. The maximum absolute atomic E-state index is 9.06. The van der Waals surface area contributed by atoms with Crippen molar-refractivity contribution in [3.05, 3.63) is 106 Å². The molecule has 0 aliphatic carbocycles. The molecule has 3 rings (SSSR count). The molecule has 0 saturated heterocycles. The van der Waals surface area contributed by atoms with Crippen molar-refractivity contribution >= 4 is 7.32 Å². The fourth-order valence-electron chi connectivity index (χ4n) is 5.31. The second kappa shape index (κ2) is 15.2. The second-order valence-electron chi connectivity index (χ2n) is 10.4. The monoisotopic (exact) mass is 518 g/mol. The predicted molar refractivity (Wildman–Crippen MR) is 161 cm³/mol. The van der Waals surface area contributed by atoms with Gasteiger partial charge in [0.25, 0.3) is 0 Å². The van der Waals surface area contributed by atoms with Gasteiger partial charge in [-0.15, -0.1) is 0 Å². The van der Waals surface area contributed by atoms with Crippen LogP contribution < -0.4 is 0 Å². The summed E-state index contributed by atoms with van der Waals surface area (Å²) in [6.07, 6.45) is 1.47. The van der Waals surface area contributed by atoms with E-state index in [1.807, 2.05) is 0 Å². The number of quaternary nitrogens is 1. The summed E-state index contributed by atoms with van der Waals surface area (Å²) in [5.74, 6) is 0. The van der Waals surface area contributed by atoms with Crippen LogP contribution in [0.15, 0.2) is 72.8 Å². The molecule has 0 amide bonds. The third kappa shape index (κ3) is 8.28. The molecule has 3 aromatic rings. The zero-order valence-electron chi connectivity index (χ0n) is 24.7. The van der Waals surface area contributed by atoms with Crippen LogP contribution >= 0.6 is 0 Å². The van der Waals surface area contributed by atoms with E-state index in [-0.39, 0.29) is 12.0 Å². The van der Waals surface area contributed by atoms with E-state index in [4.69, 9.17) is 14.7 Å². The normalized spacial score (nSPS) is 11.6. The van der Waals surface area contributed by atoms with Crippen molar-refractivity contribution in [2.24, 2.45) is 0 Å². The van der Waals surface area contributed by atoms with Gasteiger partial charge in [0.1, 0.15) is 0 Å². The first kappa shape index (κ1) is 31.8. The van der Waals surface area contributed by atoms with Gasteiger partial charge in [0.05, 0.1) is 26.2 Å². The number of hydrogen-bond donors (Lipinski definition) is 2. The number of nitrogens with zero attached hydrogens (tertiary/aromatic N) is 1. The molecule has 0 aromatic heterocycles. The Labute approximate surface area is 232 Å². The van der Waals surface area contributed by atoms with Crippen molar-refractivity contribution in [2.45, 2.75) is 66.7 Å². The molecule has 4 nitrogen and oxygen atoms in total. The van der Waals surface area contributed by atoms with Gasteiger partial charge in [-0.2, -0.15) is 0 Å². The topological polar surface area (TPSA) is 49.7 Å². The molecule has 38 heavy (non-hydrogen) atoms. The van der Waals surface area contributed by atoms with Gasteiger partial charge in [-0.1, -0.05) is 89.5 Å². The Morgan fingerprint density at radius 2 is 0.921 bits per heavy atom. The van der Waals surface area contributed by atoms with E-state index in [0.29, 0.717) is 6.42 Å². The van der Waals surface area contributed by atoms with Crippen LogP contribution in [0.5, 0.6) is 0 Å². The first-order valence-corrected chi connectivity index (χ1v) is 14.2. The molecule has 0 atom stereocenters. The lowest BCUT2D eigenvalue weighted by Crippen LogP contribution is -2.47. The zero-order valence-corrected chi connectivity index (χ0v) is 24.7. The van der Waals surface area contributed by atoms with E-state index in [2.05, 4.69) is 121 Å². The van der Waals surface area contributed by atoms with Gasteiger partial charge in [-0.05, 0) is 78.0 Å². The smallest absolute Gasteiger partial charge is 0.402 e. The summed E-state index contributed by atoms with van der Waals surface area (Å²) in [5.41, 5.74) is 6.99. The minimum atomic E-state index is -1.73. The Morgan fingerprint density at radius 1 is 0.605 bits per heavy atom. The fourth-order valence-corrected chi connectivity index (χ4v) is 5.31. The summed E-state index contributed by atoms with van der Waals surface area (Å²) < 4.78 is 6.29. The van der Waals surface area contributed by atoms with Crippen molar-refractivity contribution < 1.29 is 19.2 Å². The molecule has 3 aromatic carbocycles. The second-order valence-corrected chi connectivity index (χ2v) is 10.4. The molecule has 0 saturated carbocycles. The predicted octanol–water partition coefficient (Wildman–Crippen LogP) is 6.60. The molecule has 0 fully saturated rings. The molecule has 0 spiro atoms. The maximum Gasteiger partial charge on any atom is 0.633 e. The van der Waals surface area contributed by atoms with Crippen molar-refractivity contribution in [3.63, 3.8) is 0 Å². The largest absolute Gasteiger partial charge is 0.633 e. The Hall–Kier alpha value is -2.44. The Kier molecular flexibility index (Phi) is 12.7. The van der Waals surface area contributed by atoms with Gasteiger partial charge < -0.3 is 19.2 Å². The summed E-state index contributed by atoms with van der Waals surface area (Å²) in [6, 6.07) is 26.2. The number of hydrogen-bond acceptors (Lipinski definition) is 3. The molecule has 206 valence electrons. The third-order valence-corrected chi connectivity index (χ3v) is 8.28. The lowest BCUT2D eigenvalue weighted by atomic mass is 9.66. The highest BCUT2D eigenvalue weighted by Crippen LogP contribution is 2.43.